The molecule has 0 saturated carbocycles. The van der Waals surface area contributed by atoms with Gasteiger partial charge in [-0.2, -0.15) is 13.2 Å². The average molecular weight is 446 g/mol. The third kappa shape index (κ3) is 6.17. The van der Waals surface area contributed by atoms with Crippen LogP contribution in [0.25, 0.3) is 11.8 Å². The number of aliphatic carboxylic acids is 1. The number of aromatic nitrogens is 3. The maximum Gasteiger partial charge on any atom is 0.490 e. The third-order valence-corrected chi connectivity index (χ3v) is 4.65. The molecule has 1 aromatic heterocycles. The molecule has 1 unspecified atom stereocenters. The zero-order valence-corrected chi connectivity index (χ0v) is 17.1. The Morgan fingerprint density at radius 2 is 1.91 bits per heavy atom. The van der Waals surface area contributed by atoms with Crippen molar-refractivity contribution in [3.05, 3.63) is 77.6 Å². The first-order chi connectivity index (χ1) is 15.2. The van der Waals surface area contributed by atoms with Gasteiger partial charge in [-0.15, -0.1) is 5.10 Å². The van der Waals surface area contributed by atoms with Crippen LogP contribution in [0.3, 0.4) is 0 Å². The second kappa shape index (κ2) is 10.1. The number of carboxylic acid groups (broad SMARTS) is 1. The van der Waals surface area contributed by atoms with Crippen molar-refractivity contribution in [1.29, 1.82) is 0 Å². The van der Waals surface area contributed by atoms with E-state index in [2.05, 4.69) is 59.0 Å². The van der Waals surface area contributed by atoms with Gasteiger partial charge in [0.05, 0.1) is 18.1 Å². The van der Waals surface area contributed by atoms with E-state index in [1.807, 2.05) is 24.4 Å². The van der Waals surface area contributed by atoms with Gasteiger partial charge in [0.1, 0.15) is 12.4 Å². The Labute approximate surface area is 182 Å². The van der Waals surface area contributed by atoms with Crippen LogP contribution < -0.4 is 10.1 Å². The molecule has 7 nitrogen and oxygen atoms in total. The summed E-state index contributed by atoms with van der Waals surface area (Å²) in [5, 5.41) is 18.5. The largest absolute Gasteiger partial charge is 0.490 e. The molecule has 4 rings (SSSR count). The number of rotatable bonds is 5. The number of hydrogen-bond acceptors (Lipinski definition) is 5. The number of carbonyl (C=O) groups is 1. The van der Waals surface area contributed by atoms with E-state index < -0.39 is 12.1 Å². The molecule has 0 aliphatic carbocycles. The molecule has 3 aromatic rings. The maximum absolute atomic E-state index is 10.6. The summed E-state index contributed by atoms with van der Waals surface area (Å²) < 4.78 is 39.3. The van der Waals surface area contributed by atoms with Gasteiger partial charge in [-0.1, -0.05) is 35.5 Å². The number of fused-ring (bicyclic) bond motifs is 1. The lowest BCUT2D eigenvalue weighted by molar-refractivity contribution is -0.192. The summed E-state index contributed by atoms with van der Waals surface area (Å²) >= 11 is 0. The van der Waals surface area contributed by atoms with Gasteiger partial charge in [-0.3, -0.25) is 0 Å². The van der Waals surface area contributed by atoms with E-state index in [0.29, 0.717) is 6.61 Å². The molecule has 168 valence electrons. The van der Waals surface area contributed by atoms with Crippen molar-refractivity contribution in [2.45, 2.75) is 19.1 Å². The van der Waals surface area contributed by atoms with E-state index in [4.69, 9.17) is 14.6 Å². The first-order valence-electron chi connectivity index (χ1n) is 9.65. The highest BCUT2D eigenvalue weighted by Gasteiger charge is 2.38. The number of alkyl halides is 3. The molecule has 0 radical (unpaired) electrons. The standard InChI is InChI=1S/C20H20N4O.C2HF3O2/c1-15(17-6-8-19(9-7-17)24-11-10-22-23-24)21-13-16-12-18-4-2-3-5-20(18)25-14-16;3-2(4,5)1(6)7/h2-12,15,21H,13-14H2,1H3;(H,6,7). The van der Waals surface area contributed by atoms with Gasteiger partial charge in [0.25, 0.3) is 0 Å². The summed E-state index contributed by atoms with van der Waals surface area (Å²) in [6, 6.07) is 16.7. The number of para-hydroxylation sites is 1. The van der Waals surface area contributed by atoms with Crippen LogP contribution in [0.1, 0.15) is 24.1 Å². The fourth-order valence-electron chi connectivity index (χ4n) is 2.93. The number of nitrogens with one attached hydrogen (secondary N) is 1. The van der Waals surface area contributed by atoms with Crippen LogP contribution in [-0.2, 0) is 4.79 Å². The molecule has 0 bridgehead atoms. The zero-order chi connectivity index (χ0) is 23.1. The third-order valence-electron chi connectivity index (χ3n) is 4.65. The number of carboxylic acids is 1. The molecular formula is C22H21F3N4O3. The van der Waals surface area contributed by atoms with Crippen LogP contribution in [-0.4, -0.2) is 45.4 Å². The summed E-state index contributed by atoms with van der Waals surface area (Å²) in [5.74, 6) is -1.80. The van der Waals surface area contributed by atoms with E-state index in [0.717, 1.165) is 23.5 Å². The summed E-state index contributed by atoms with van der Waals surface area (Å²) in [7, 11) is 0. The smallest absolute Gasteiger partial charge is 0.489 e. The minimum Gasteiger partial charge on any atom is -0.489 e. The first-order valence-corrected chi connectivity index (χ1v) is 9.65. The summed E-state index contributed by atoms with van der Waals surface area (Å²) in [4.78, 5) is 8.90. The number of ether oxygens (including phenoxy) is 1. The number of halogens is 3. The predicted octanol–water partition coefficient (Wildman–Crippen LogP) is 4.03. The summed E-state index contributed by atoms with van der Waals surface area (Å²) in [6.45, 7) is 3.62. The highest BCUT2D eigenvalue weighted by molar-refractivity contribution is 5.73. The Morgan fingerprint density at radius 3 is 2.53 bits per heavy atom. The normalized spacial score (nSPS) is 13.7. The number of hydrogen-bond donors (Lipinski definition) is 2. The fraction of sp³-hybridized carbons (Fsp3) is 0.227. The molecule has 32 heavy (non-hydrogen) atoms. The van der Waals surface area contributed by atoms with E-state index >= 15 is 0 Å². The highest BCUT2D eigenvalue weighted by Crippen LogP contribution is 2.25. The highest BCUT2D eigenvalue weighted by atomic mass is 19.4. The zero-order valence-electron chi connectivity index (χ0n) is 17.1. The monoisotopic (exact) mass is 446 g/mol. The molecule has 0 spiro atoms. The molecule has 2 heterocycles. The SMILES string of the molecule is CC(NCC1=Cc2ccccc2OC1)c1ccc(-n2ccnn2)cc1.O=C(O)C(F)(F)F. The van der Waals surface area contributed by atoms with Crippen molar-refractivity contribution < 1.29 is 27.8 Å². The molecule has 0 amide bonds. The van der Waals surface area contributed by atoms with Crippen molar-refractivity contribution in [3.8, 4) is 11.4 Å². The van der Waals surface area contributed by atoms with Crippen molar-refractivity contribution in [1.82, 2.24) is 20.3 Å². The van der Waals surface area contributed by atoms with Gasteiger partial charge in [0, 0.05) is 18.2 Å². The molecule has 2 N–H and O–H groups in total. The topological polar surface area (TPSA) is 89.3 Å². The lowest BCUT2D eigenvalue weighted by Crippen LogP contribution is -2.24. The van der Waals surface area contributed by atoms with Gasteiger partial charge >= 0.3 is 12.1 Å². The number of nitrogens with zero attached hydrogens (tertiary/aromatic N) is 3. The van der Waals surface area contributed by atoms with E-state index in [-0.39, 0.29) is 6.04 Å². The molecule has 10 heteroatoms. The molecule has 1 aliphatic heterocycles. The molecule has 0 fully saturated rings. The Hall–Kier alpha value is -3.66. The Morgan fingerprint density at radius 1 is 1.22 bits per heavy atom. The Balaban J connectivity index is 0.000000360. The second-order valence-electron chi connectivity index (χ2n) is 6.97. The molecule has 2 aromatic carbocycles. The average Bonchev–Trinajstić information content (AvgIpc) is 3.32. The minimum atomic E-state index is -5.08. The van der Waals surface area contributed by atoms with E-state index in [1.54, 1.807) is 10.9 Å². The number of benzene rings is 2. The van der Waals surface area contributed by atoms with Gasteiger partial charge in [-0.25, -0.2) is 9.48 Å². The lowest BCUT2D eigenvalue weighted by Gasteiger charge is -2.20. The maximum atomic E-state index is 10.6. The van der Waals surface area contributed by atoms with Crippen LogP contribution in [0.4, 0.5) is 13.2 Å². The second-order valence-corrected chi connectivity index (χ2v) is 6.97. The van der Waals surface area contributed by atoms with Crippen molar-refractivity contribution in [2.24, 2.45) is 0 Å². The van der Waals surface area contributed by atoms with Crippen LogP contribution in [0.15, 0.2) is 66.5 Å². The Bertz CT molecular complexity index is 1060. The molecule has 0 saturated heterocycles. The quantitative estimate of drug-likeness (QED) is 0.615. The van der Waals surface area contributed by atoms with Gasteiger partial charge in [-0.05, 0) is 42.3 Å². The molecular weight excluding hydrogens is 425 g/mol. The minimum absolute atomic E-state index is 0.253. The van der Waals surface area contributed by atoms with Crippen LogP contribution in [0, 0.1) is 0 Å². The van der Waals surface area contributed by atoms with Gasteiger partial charge in [0.2, 0.25) is 0 Å². The summed E-state index contributed by atoms with van der Waals surface area (Å²) in [5.41, 5.74) is 4.65. The van der Waals surface area contributed by atoms with Crippen LogP contribution in [0.2, 0.25) is 0 Å². The van der Waals surface area contributed by atoms with Gasteiger partial charge < -0.3 is 15.2 Å². The van der Waals surface area contributed by atoms with E-state index in [9.17, 15) is 13.2 Å². The van der Waals surface area contributed by atoms with Crippen LogP contribution >= 0.6 is 0 Å². The lowest BCUT2D eigenvalue weighted by atomic mass is 10.1. The fourth-order valence-corrected chi connectivity index (χ4v) is 2.93. The van der Waals surface area contributed by atoms with Crippen molar-refractivity contribution >= 4 is 12.0 Å². The van der Waals surface area contributed by atoms with E-state index in [1.165, 1.54) is 11.1 Å². The van der Waals surface area contributed by atoms with Crippen molar-refractivity contribution in [2.75, 3.05) is 13.2 Å². The van der Waals surface area contributed by atoms with Crippen LogP contribution in [0.5, 0.6) is 5.75 Å². The van der Waals surface area contributed by atoms with Gasteiger partial charge in [0.15, 0.2) is 0 Å². The summed E-state index contributed by atoms with van der Waals surface area (Å²) in [6.07, 6.45) is 0.645. The molecule has 1 aliphatic rings. The Kier molecular flexibility index (Phi) is 7.26. The van der Waals surface area contributed by atoms with Crippen molar-refractivity contribution in [3.63, 3.8) is 0 Å². The first kappa shape index (κ1) is 23.0. The molecule has 1 atom stereocenters. The predicted molar refractivity (Wildman–Crippen MR) is 111 cm³/mol.